The minimum atomic E-state index is -0.156. The van der Waals surface area contributed by atoms with Crippen LogP contribution in [-0.4, -0.2) is 17.6 Å². The quantitative estimate of drug-likeness (QED) is 0.699. The lowest BCUT2D eigenvalue weighted by Gasteiger charge is -2.56. The minimum absolute atomic E-state index is 0.00307. The van der Waals surface area contributed by atoms with Gasteiger partial charge in [0.2, 0.25) is 0 Å². The number of hydrogen-bond acceptors (Lipinski definition) is 3. The highest BCUT2D eigenvalue weighted by molar-refractivity contribution is 5.94. The fraction of sp³-hybridized carbons (Fsp3) is 0.875. The number of ether oxygens (including phenoxy) is 1. The highest BCUT2D eigenvalue weighted by atomic mass is 16.5. The number of rotatable bonds is 2. The van der Waals surface area contributed by atoms with Crippen LogP contribution in [0.1, 0.15) is 86.0 Å². The summed E-state index contributed by atoms with van der Waals surface area (Å²) in [5.74, 6) is 2.65. The van der Waals surface area contributed by atoms with Crippen LogP contribution >= 0.6 is 0 Å². The number of allylic oxidation sites excluding steroid dienone is 2. The number of carbonyl (C=O) groups is 1. The third kappa shape index (κ3) is 3.39. The van der Waals surface area contributed by atoms with Crippen LogP contribution < -0.4 is 5.32 Å². The molecule has 2 aliphatic carbocycles. The fourth-order valence-corrected chi connectivity index (χ4v) is 6.73. The van der Waals surface area contributed by atoms with Gasteiger partial charge < -0.3 is 10.1 Å². The summed E-state index contributed by atoms with van der Waals surface area (Å²) in [5, 5.41) is 3.74. The maximum atomic E-state index is 13.3. The van der Waals surface area contributed by atoms with Crippen molar-refractivity contribution in [1.29, 1.82) is 0 Å². The van der Waals surface area contributed by atoms with E-state index in [9.17, 15) is 4.79 Å². The molecule has 4 aliphatic rings. The van der Waals surface area contributed by atoms with Gasteiger partial charge in [0.05, 0.1) is 11.5 Å². The van der Waals surface area contributed by atoms with Crippen LogP contribution in [0.5, 0.6) is 0 Å². The van der Waals surface area contributed by atoms with Crippen LogP contribution in [0.3, 0.4) is 0 Å². The second-order valence-electron chi connectivity index (χ2n) is 11.0. The molecule has 3 fully saturated rings. The van der Waals surface area contributed by atoms with E-state index in [2.05, 4.69) is 39.9 Å². The van der Waals surface area contributed by atoms with Crippen molar-refractivity contribution in [3.8, 4) is 0 Å². The van der Waals surface area contributed by atoms with Gasteiger partial charge in [-0.25, -0.2) is 0 Å². The molecular formula is C24H39NO2. The lowest BCUT2D eigenvalue weighted by molar-refractivity contribution is -0.214. The van der Waals surface area contributed by atoms with Crippen molar-refractivity contribution in [2.75, 3.05) is 0 Å². The van der Waals surface area contributed by atoms with Gasteiger partial charge in [0.25, 0.3) is 0 Å². The van der Waals surface area contributed by atoms with Crippen LogP contribution in [0.2, 0.25) is 0 Å². The molecule has 27 heavy (non-hydrogen) atoms. The number of fused-ring (bicyclic) bond motifs is 3. The van der Waals surface area contributed by atoms with Crippen molar-refractivity contribution >= 4 is 5.78 Å². The molecule has 3 unspecified atom stereocenters. The highest BCUT2D eigenvalue weighted by Crippen LogP contribution is 2.52. The number of hydrogen-bond donors (Lipinski definition) is 1. The van der Waals surface area contributed by atoms with E-state index in [1.807, 2.05) is 6.08 Å². The SMILES string of the molecule is C[C@H]1CCC2C(C1)[C@@H]1C(=O)C=C(C(C)(C)C3CCCCC3)NC1OC2(C)C. The molecule has 0 radical (unpaired) electrons. The predicted molar refractivity (Wildman–Crippen MR) is 109 cm³/mol. The first-order valence-electron chi connectivity index (χ1n) is 11.4. The first-order valence-corrected chi connectivity index (χ1v) is 11.4. The average molecular weight is 374 g/mol. The van der Waals surface area contributed by atoms with Gasteiger partial charge in [0.1, 0.15) is 6.23 Å². The van der Waals surface area contributed by atoms with Crippen LogP contribution in [0, 0.1) is 35.0 Å². The predicted octanol–water partition coefficient (Wildman–Crippen LogP) is 5.45. The normalized spacial score (nSPS) is 39.8. The molecule has 0 spiro atoms. The standard InChI is InChI=1S/C24H39NO2/c1-15-11-12-18-17(13-15)21-19(26)14-20(25-22(21)27-24(18,4)5)23(2,3)16-9-7-6-8-10-16/h14-18,21-22,25H,6-13H2,1-5H3/t15-,17?,18?,21+,22?/m0/s1. The van der Waals surface area contributed by atoms with E-state index in [-0.39, 0.29) is 23.2 Å². The molecule has 2 aliphatic heterocycles. The zero-order valence-electron chi connectivity index (χ0n) is 18.0. The first kappa shape index (κ1) is 19.5. The van der Waals surface area contributed by atoms with Crippen LogP contribution in [0.15, 0.2) is 11.8 Å². The number of nitrogens with one attached hydrogen (secondary N) is 1. The van der Waals surface area contributed by atoms with E-state index in [1.54, 1.807) is 0 Å². The molecule has 1 N–H and O–H groups in total. The summed E-state index contributed by atoms with van der Waals surface area (Å²) in [6.07, 6.45) is 12.0. The molecule has 5 atom stereocenters. The van der Waals surface area contributed by atoms with E-state index in [0.29, 0.717) is 23.5 Å². The number of carbonyl (C=O) groups excluding carboxylic acids is 1. The molecule has 152 valence electrons. The monoisotopic (exact) mass is 373 g/mol. The Morgan fingerprint density at radius 2 is 1.81 bits per heavy atom. The Bertz CT molecular complexity index is 614. The van der Waals surface area contributed by atoms with E-state index < -0.39 is 0 Å². The molecule has 2 heterocycles. The fourth-order valence-electron chi connectivity index (χ4n) is 6.73. The van der Waals surface area contributed by atoms with Crippen LogP contribution in [0.4, 0.5) is 0 Å². The summed E-state index contributed by atoms with van der Waals surface area (Å²) < 4.78 is 6.59. The lowest BCUT2D eigenvalue weighted by atomic mass is 9.60. The Balaban J connectivity index is 1.62. The van der Waals surface area contributed by atoms with Crippen molar-refractivity contribution in [2.24, 2.45) is 35.0 Å². The summed E-state index contributed by atoms with van der Waals surface area (Å²) in [4.78, 5) is 13.3. The van der Waals surface area contributed by atoms with E-state index in [0.717, 1.165) is 11.6 Å². The summed E-state index contributed by atoms with van der Waals surface area (Å²) in [7, 11) is 0. The molecule has 2 saturated carbocycles. The van der Waals surface area contributed by atoms with Gasteiger partial charge in [-0.2, -0.15) is 0 Å². The molecule has 0 bridgehead atoms. The van der Waals surface area contributed by atoms with E-state index in [4.69, 9.17) is 4.74 Å². The first-order chi connectivity index (χ1) is 12.7. The summed E-state index contributed by atoms with van der Waals surface area (Å²) in [5.41, 5.74) is 0.987. The van der Waals surface area contributed by atoms with Gasteiger partial charge in [-0.1, -0.05) is 46.5 Å². The Hall–Kier alpha value is -0.830. The van der Waals surface area contributed by atoms with Gasteiger partial charge >= 0.3 is 0 Å². The van der Waals surface area contributed by atoms with Crippen LogP contribution in [0.25, 0.3) is 0 Å². The third-order valence-corrected chi connectivity index (χ3v) is 8.51. The summed E-state index contributed by atoms with van der Waals surface area (Å²) in [6, 6.07) is 0. The van der Waals surface area contributed by atoms with Gasteiger partial charge in [-0.3, -0.25) is 4.79 Å². The van der Waals surface area contributed by atoms with Crippen molar-refractivity contribution in [1.82, 2.24) is 5.32 Å². The maximum absolute atomic E-state index is 13.3. The van der Waals surface area contributed by atoms with Crippen molar-refractivity contribution in [3.05, 3.63) is 11.8 Å². The van der Waals surface area contributed by atoms with Crippen molar-refractivity contribution in [2.45, 2.75) is 97.8 Å². The average Bonchev–Trinajstić information content (AvgIpc) is 2.61. The maximum Gasteiger partial charge on any atom is 0.165 e. The molecule has 3 heteroatoms. The second-order valence-corrected chi connectivity index (χ2v) is 11.0. The summed E-state index contributed by atoms with van der Waals surface area (Å²) >= 11 is 0. The smallest absolute Gasteiger partial charge is 0.165 e. The molecule has 3 nitrogen and oxygen atoms in total. The Kier molecular flexibility index (Phi) is 4.98. The second kappa shape index (κ2) is 6.90. The number of ketones is 1. The third-order valence-electron chi connectivity index (χ3n) is 8.51. The molecule has 1 saturated heterocycles. The zero-order valence-corrected chi connectivity index (χ0v) is 18.0. The topological polar surface area (TPSA) is 38.3 Å². The van der Waals surface area contributed by atoms with Crippen molar-refractivity contribution < 1.29 is 9.53 Å². The minimum Gasteiger partial charge on any atom is -0.362 e. The molecule has 0 aromatic carbocycles. The van der Waals surface area contributed by atoms with Gasteiger partial charge in [-0.05, 0) is 63.2 Å². The molecule has 0 aromatic rings. The molecule has 0 aromatic heterocycles. The molecule has 4 rings (SSSR count). The van der Waals surface area contributed by atoms with Gasteiger partial charge in [-0.15, -0.1) is 0 Å². The van der Waals surface area contributed by atoms with E-state index in [1.165, 1.54) is 51.4 Å². The summed E-state index contributed by atoms with van der Waals surface area (Å²) in [6.45, 7) is 11.5. The zero-order chi connectivity index (χ0) is 19.4. The Morgan fingerprint density at radius 3 is 2.52 bits per heavy atom. The van der Waals surface area contributed by atoms with Gasteiger partial charge in [0.15, 0.2) is 5.78 Å². The molecule has 0 amide bonds. The highest BCUT2D eigenvalue weighted by Gasteiger charge is 2.55. The van der Waals surface area contributed by atoms with E-state index >= 15 is 0 Å². The largest absolute Gasteiger partial charge is 0.362 e. The lowest BCUT2D eigenvalue weighted by Crippen LogP contribution is -2.62. The van der Waals surface area contributed by atoms with Crippen molar-refractivity contribution in [3.63, 3.8) is 0 Å². The Morgan fingerprint density at radius 1 is 1.11 bits per heavy atom. The van der Waals surface area contributed by atoms with Gasteiger partial charge in [0, 0.05) is 17.2 Å². The van der Waals surface area contributed by atoms with Crippen LogP contribution in [-0.2, 0) is 9.53 Å². The molecular weight excluding hydrogens is 334 g/mol. The Labute approximate surface area is 165 Å².